The number of hydrogen-bond acceptors (Lipinski definition) is 3. The van der Waals surface area contributed by atoms with Crippen LogP contribution < -0.4 is 5.32 Å². The van der Waals surface area contributed by atoms with E-state index in [4.69, 9.17) is 0 Å². The van der Waals surface area contributed by atoms with Gasteiger partial charge in [0, 0.05) is 11.7 Å². The molecule has 17 heavy (non-hydrogen) atoms. The summed E-state index contributed by atoms with van der Waals surface area (Å²) in [6.45, 7) is 4.14. The van der Waals surface area contributed by atoms with Gasteiger partial charge in [-0.05, 0) is 49.9 Å². The largest absolute Gasteiger partial charge is 0.381 e. The number of sulfone groups is 1. The van der Waals surface area contributed by atoms with Gasteiger partial charge in [-0.15, -0.1) is 0 Å². The average molecular weight is 253 g/mol. The van der Waals surface area contributed by atoms with E-state index in [1.54, 1.807) is 0 Å². The maximum absolute atomic E-state index is 11.5. The van der Waals surface area contributed by atoms with E-state index >= 15 is 0 Å². The Morgan fingerprint density at radius 2 is 2.00 bits per heavy atom. The molecule has 3 nitrogen and oxygen atoms in total. The van der Waals surface area contributed by atoms with E-state index in [2.05, 4.69) is 31.3 Å². The van der Waals surface area contributed by atoms with Crippen molar-refractivity contribution in [3.8, 4) is 0 Å². The first-order valence-corrected chi connectivity index (χ1v) is 7.83. The van der Waals surface area contributed by atoms with Crippen LogP contribution >= 0.6 is 0 Å². The predicted molar refractivity (Wildman–Crippen MR) is 71.2 cm³/mol. The fraction of sp³-hybridized carbons (Fsp3) is 0.538. The molecule has 1 aliphatic heterocycles. The quantitative estimate of drug-likeness (QED) is 0.879. The van der Waals surface area contributed by atoms with Crippen molar-refractivity contribution in [3.63, 3.8) is 0 Å². The lowest BCUT2D eigenvalue weighted by molar-refractivity contribution is 0.562. The summed E-state index contributed by atoms with van der Waals surface area (Å²) >= 11 is 0. The van der Waals surface area contributed by atoms with Gasteiger partial charge in [0.15, 0.2) is 9.84 Å². The van der Waals surface area contributed by atoms with Crippen LogP contribution in [0.25, 0.3) is 0 Å². The highest BCUT2D eigenvalue weighted by Gasteiger charge is 2.24. The fourth-order valence-electron chi connectivity index (χ4n) is 2.20. The summed E-state index contributed by atoms with van der Waals surface area (Å²) in [7, 11) is -2.83. The van der Waals surface area contributed by atoms with Gasteiger partial charge in [-0.25, -0.2) is 8.42 Å². The molecule has 1 aromatic rings. The van der Waals surface area contributed by atoms with Crippen molar-refractivity contribution in [2.75, 3.05) is 16.8 Å². The van der Waals surface area contributed by atoms with Gasteiger partial charge in [-0.1, -0.05) is 6.07 Å². The first-order chi connectivity index (χ1) is 7.96. The van der Waals surface area contributed by atoms with Gasteiger partial charge in [0.1, 0.15) is 0 Å². The lowest BCUT2D eigenvalue weighted by Crippen LogP contribution is -2.34. The van der Waals surface area contributed by atoms with E-state index in [1.807, 2.05) is 6.07 Å². The molecule has 1 fully saturated rings. The second-order valence-electron chi connectivity index (χ2n) is 4.90. The SMILES string of the molecule is Cc1ccc(NC2CCCS(=O)(=O)C2)cc1C. The maximum atomic E-state index is 11.5. The van der Waals surface area contributed by atoms with Crippen LogP contribution in [-0.4, -0.2) is 26.0 Å². The standard InChI is InChI=1S/C13H19NO2S/c1-10-5-6-12(8-11(10)2)14-13-4-3-7-17(15,16)9-13/h5-6,8,13-14H,3-4,7,9H2,1-2H3. The Bertz CT molecular complexity index is 508. The minimum atomic E-state index is -2.83. The van der Waals surface area contributed by atoms with Crippen molar-refractivity contribution in [1.29, 1.82) is 0 Å². The molecule has 1 unspecified atom stereocenters. The molecular weight excluding hydrogens is 234 g/mol. The van der Waals surface area contributed by atoms with Crippen molar-refractivity contribution in [1.82, 2.24) is 0 Å². The molecule has 1 saturated heterocycles. The molecule has 0 aromatic heterocycles. The van der Waals surface area contributed by atoms with Gasteiger partial charge >= 0.3 is 0 Å². The summed E-state index contributed by atoms with van der Waals surface area (Å²) < 4.78 is 23.1. The highest BCUT2D eigenvalue weighted by Crippen LogP contribution is 2.19. The molecule has 0 radical (unpaired) electrons. The molecule has 0 aliphatic carbocycles. The van der Waals surface area contributed by atoms with Crippen LogP contribution in [0, 0.1) is 13.8 Å². The lowest BCUT2D eigenvalue weighted by Gasteiger charge is -2.24. The highest BCUT2D eigenvalue weighted by atomic mass is 32.2. The molecule has 0 spiro atoms. The zero-order valence-electron chi connectivity index (χ0n) is 10.4. The lowest BCUT2D eigenvalue weighted by atomic mass is 10.1. The monoisotopic (exact) mass is 253 g/mol. The molecule has 0 bridgehead atoms. The van der Waals surface area contributed by atoms with E-state index in [-0.39, 0.29) is 11.8 Å². The minimum absolute atomic E-state index is 0.0656. The van der Waals surface area contributed by atoms with E-state index in [0.29, 0.717) is 5.75 Å². The molecule has 0 amide bonds. The first-order valence-electron chi connectivity index (χ1n) is 6.00. The second kappa shape index (κ2) is 4.69. The van der Waals surface area contributed by atoms with Crippen molar-refractivity contribution < 1.29 is 8.42 Å². The van der Waals surface area contributed by atoms with Gasteiger partial charge in [0.05, 0.1) is 11.5 Å². The number of hydrogen-bond donors (Lipinski definition) is 1. The molecular formula is C13H19NO2S. The summed E-state index contributed by atoms with van der Waals surface area (Å²) in [6, 6.07) is 6.23. The summed E-state index contributed by atoms with van der Waals surface area (Å²) in [6.07, 6.45) is 1.71. The number of nitrogens with one attached hydrogen (secondary N) is 1. The zero-order chi connectivity index (χ0) is 12.5. The molecule has 1 aliphatic rings. The Kier molecular flexibility index (Phi) is 3.43. The summed E-state index contributed by atoms with van der Waals surface area (Å²) in [5.74, 6) is 0.609. The smallest absolute Gasteiger partial charge is 0.152 e. The van der Waals surface area contributed by atoms with Gasteiger partial charge in [0.2, 0.25) is 0 Å². The van der Waals surface area contributed by atoms with E-state index in [1.165, 1.54) is 11.1 Å². The molecule has 2 rings (SSSR count). The van der Waals surface area contributed by atoms with Crippen molar-refractivity contribution >= 4 is 15.5 Å². The summed E-state index contributed by atoms with van der Waals surface area (Å²) in [4.78, 5) is 0. The third-order valence-corrected chi connectivity index (χ3v) is 5.16. The summed E-state index contributed by atoms with van der Waals surface area (Å²) in [5, 5.41) is 3.33. The Balaban J connectivity index is 2.08. The summed E-state index contributed by atoms with van der Waals surface area (Å²) in [5.41, 5.74) is 3.51. The van der Waals surface area contributed by atoms with Gasteiger partial charge in [0.25, 0.3) is 0 Å². The van der Waals surface area contributed by atoms with Crippen LogP contribution in [0.4, 0.5) is 5.69 Å². The molecule has 4 heteroatoms. The van der Waals surface area contributed by atoms with Crippen LogP contribution in [0.1, 0.15) is 24.0 Å². The maximum Gasteiger partial charge on any atom is 0.152 e. The van der Waals surface area contributed by atoms with Crippen LogP contribution in [0.3, 0.4) is 0 Å². The molecule has 0 saturated carbocycles. The highest BCUT2D eigenvalue weighted by molar-refractivity contribution is 7.91. The fourth-order valence-corrected chi connectivity index (χ4v) is 3.84. The van der Waals surface area contributed by atoms with E-state index in [9.17, 15) is 8.42 Å². The molecule has 94 valence electrons. The third-order valence-electron chi connectivity index (χ3n) is 3.34. The van der Waals surface area contributed by atoms with Crippen molar-refractivity contribution in [2.24, 2.45) is 0 Å². The molecule has 1 atom stereocenters. The Morgan fingerprint density at radius 1 is 1.24 bits per heavy atom. The molecule has 1 aromatic carbocycles. The Hall–Kier alpha value is -1.03. The topological polar surface area (TPSA) is 46.2 Å². The Labute approximate surface area is 103 Å². The van der Waals surface area contributed by atoms with Gasteiger partial charge in [-0.3, -0.25) is 0 Å². The van der Waals surface area contributed by atoms with Crippen LogP contribution in [0.15, 0.2) is 18.2 Å². The Morgan fingerprint density at radius 3 is 2.65 bits per heavy atom. The predicted octanol–water partition coefficient (Wildman–Crippen LogP) is 2.29. The zero-order valence-corrected chi connectivity index (χ0v) is 11.2. The number of benzene rings is 1. The van der Waals surface area contributed by atoms with Gasteiger partial charge in [-0.2, -0.15) is 0 Å². The number of anilines is 1. The van der Waals surface area contributed by atoms with E-state index < -0.39 is 9.84 Å². The second-order valence-corrected chi connectivity index (χ2v) is 7.13. The van der Waals surface area contributed by atoms with Crippen molar-refractivity contribution in [3.05, 3.63) is 29.3 Å². The van der Waals surface area contributed by atoms with Crippen molar-refractivity contribution in [2.45, 2.75) is 32.7 Å². The minimum Gasteiger partial charge on any atom is -0.381 e. The van der Waals surface area contributed by atoms with Crippen LogP contribution in [-0.2, 0) is 9.84 Å². The number of aryl methyl sites for hydroxylation is 2. The van der Waals surface area contributed by atoms with E-state index in [0.717, 1.165) is 18.5 Å². The number of rotatable bonds is 2. The van der Waals surface area contributed by atoms with Crippen LogP contribution in [0.2, 0.25) is 0 Å². The van der Waals surface area contributed by atoms with Crippen LogP contribution in [0.5, 0.6) is 0 Å². The third kappa shape index (κ3) is 3.22. The van der Waals surface area contributed by atoms with Gasteiger partial charge < -0.3 is 5.32 Å². The first kappa shape index (κ1) is 12.4. The average Bonchev–Trinajstić information content (AvgIpc) is 2.22. The normalized spacial score (nSPS) is 23.3. The molecule has 1 heterocycles. The molecule has 1 N–H and O–H groups in total.